The van der Waals surface area contributed by atoms with Gasteiger partial charge in [-0.2, -0.15) is 0 Å². The first-order chi connectivity index (χ1) is 16.8. The predicted octanol–water partition coefficient (Wildman–Crippen LogP) is 5.05. The van der Waals surface area contributed by atoms with Crippen molar-refractivity contribution in [3.8, 4) is 17.2 Å². The standard InChI is InChI=1S/C26H24ClFN2O5/c1-30-24(14-5-8-16(33-2)9-6-14)23(25(31)29-15-7-10-20(28)19(27)11-15)17-12-21(34-3)22(35-4)13-18(17)26(30)32/h5-13,23-24H,1-4H3,(H,29,31)/t23-,24-/m0/s1. The van der Waals surface area contributed by atoms with Crippen LogP contribution in [-0.2, 0) is 4.79 Å². The van der Waals surface area contributed by atoms with Crippen molar-refractivity contribution >= 4 is 29.1 Å². The third-order valence-corrected chi connectivity index (χ3v) is 6.39. The molecule has 3 aromatic rings. The van der Waals surface area contributed by atoms with Crippen molar-refractivity contribution in [1.29, 1.82) is 0 Å². The van der Waals surface area contributed by atoms with E-state index in [2.05, 4.69) is 5.32 Å². The number of nitrogens with zero attached hydrogens (tertiary/aromatic N) is 1. The van der Waals surface area contributed by atoms with Crippen molar-refractivity contribution in [3.05, 3.63) is 82.1 Å². The molecule has 0 aliphatic carbocycles. The van der Waals surface area contributed by atoms with E-state index in [1.54, 1.807) is 38.4 Å². The molecule has 3 aromatic carbocycles. The van der Waals surface area contributed by atoms with Gasteiger partial charge in [-0.25, -0.2) is 4.39 Å². The average Bonchev–Trinajstić information content (AvgIpc) is 2.87. The van der Waals surface area contributed by atoms with Gasteiger partial charge in [0.15, 0.2) is 11.5 Å². The highest BCUT2D eigenvalue weighted by atomic mass is 35.5. The maximum atomic E-state index is 13.8. The Bertz CT molecular complexity index is 1280. The molecule has 0 unspecified atom stereocenters. The lowest BCUT2D eigenvalue weighted by Crippen LogP contribution is -2.44. The first-order valence-corrected chi connectivity index (χ1v) is 11.1. The number of halogens is 2. The molecule has 0 saturated carbocycles. The number of nitrogens with one attached hydrogen (secondary N) is 1. The average molecular weight is 499 g/mol. The van der Waals surface area contributed by atoms with Gasteiger partial charge in [0.1, 0.15) is 11.6 Å². The molecular formula is C26H24ClFN2O5. The van der Waals surface area contributed by atoms with Gasteiger partial charge in [0, 0.05) is 18.3 Å². The minimum absolute atomic E-state index is 0.114. The van der Waals surface area contributed by atoms with Crippen molar-refractivity contribution in [2.24, 2.45) is 0 Å². The minimum atomic E-state index is -0.829. The molecule has 9 heteroatoms. The number of hydrogen-bond donors (Lipinski definition) is 1. The smallest absolute Gasteiger partial charge is 0.254 e. The molecule has 0 radical (unpaired) electrons. The largest absolute Gasteiger partial charge is 0.497 e. The Balaban J connectivity index is 1.86. The van der Waals surface area contributed by atoms with E-state index < -0.39 is 23.7 Å². The van der Waals surface area contributed by atoms with Crippen LogP contribution in [0, 0.1) is 5.82 Å². The summed E-state index contributed by atoms with van der Waals surface area (Å²) in [5.41, 5.74) is 1.88. The summed E-state index contributed by atoms with van der Waals surface area (Å²) in [7, 11) is 6.17. The predicted molar refractivity (Wildman–Crippen MR) is 130 cm³/mol. The van der Waals surface area contributed by atoms with E-state index in [0.29, 0.717) is 34.1 Å². The van der Waals surface area contributed by atoms with Crippen LogP contribution >= 0.6 is 11.6 Å². The van der Waals surface area contributed by atoms with Gasteiger partial charge in [0.25, 0.3) is 5.91 Å². The van der Waals surface area contributed by atoms with E-state index in [1.807, 2.05) is 12.1 Å². The van der Waals surface area contributed by atoms with E-state index in [-0.39, 0.29) is 10.9 Å². The molecule has 0 bridgehead atoms. The van der Waals surface area contributed by atoms with Crippen LogP contribution in [0.15, 0.2) is 54.6 Å². The zero-order chi connectivity index (χ0) is 25.3. The number of hydrogen-bond acceptors (Lipinski definition) is 5. The molecule has 0 aromatic heterocycles. The van der Waals surface area contributed by atoms with Crippen molar-refractivity contribution in [2.45, 2.75) is 12.0 Å². The van der Waals surface area contributed by atoms with Gasteiger partial charge in [-0.15, -0.1) is 0 Å². The molecular weight excluding hydrogens is 475 g/mol. The van der Waals surface area contributed by atoms with Gasteiger partial charge in [-0.3, -0.25) is 9.59 Å². The number of rotatable bonds is 6. The van der Waals surface area contributed by atoms with Crippen LogP contribution in [-0.4, -0.2) is 45.1 Å². The van der Waals surface area contributed by atoms with Gasteiger partial charge in [-0.1, -0.05) is 23.7 Å². The van der Waals surface area contributed by atoms with Crippen LogP contribution in [0.1, 0.15) is 33.4 Å². The zero-order valence-electron chi connectivity index (χ0n) is 19.6. The SMILES string of the molecule is COc1ccc([C@H]2[C@@H](C(=O)Nc3ccc(F)c(Cl)c3)c3cc(OC)c(OC)cc3C(=O)N2C)cc1. The fraction of sp³-hybridized carbons (Fsp3) is 0.231. The number of carbonyl (C=O) groups excluding carboxylic acids is 2. The Morgan fingerprint density at radius 1 is 0.971 bits per heavy atom. The number of ether oxygens (including phenoxy) is 3. The lowest BCUT2D eigenvalue weighted by molar-refractivity contribution is -0.119. The van der Waals surface area contributed by atoms with Gasteiger partial charge >= 0.3 is 0 Å². The molecule has 0 spiro atoms. The first kappa shape index (κ1) is 24.3. The maximum absolute atomic E-state index is 13.8. The fourth-order valence-electron chi connectivity index (χ4n) is 4.34. The molecule has 4 rings (SSSR count). The van der Waals surface area contributed by atoms with E-state index in [1.165, 1.54) is 37.3 Å². The van der Waals surface area contributed by atoms with Crippen molar-refractivity contribution in [1.82, 2.24) is 4.90 Å². The molecule has 182 valence electrons. The third-order valence-electron chi connectivity index (χ3n) is 6.10. The Labute approximate surface area is 207 Å². The normalized spacial score (nSPS) is 17.0. The van der Waals surface area contributed by atoms with Crippen LogP contribution in [0.3, 0.4) is 0 Å². The molecule has 35 heavy (non-hydrogen) atoms. The highest BCUT2D eigenvalue weighted by Gasteiger charge is 2.43. The van der Waals surface area contributed by atoms with Gasteiger partial charge in [-0.05, 0) is 53.6 Å². The molecule has 1 N–H and O–H groups in total. The maximum Gasteiger partial charge on any atom is 0.254 e. The lowest BCUT2D eigenvalue weighted by atomic mass is 9.79. The number of benzene rings is 3. The summed E-state index contributed by atoms with van der Waals surface area (Å²) in [5, 5.41) is 2.71. The van der Waals surface area contributed by atoms with Crippen molar-refractivity contribution < 1.29 is 28.2 Å². The van der Waals surface area contributed by atoms with Crippen LogP contribution in [0.25, 0.3) is 0 Å². The summed E-state index contributed by atoms with van der Waals surface area (Å²) < 4.78 is 29.7. The molecule has 0 fully saturated rings. The zero-order valence-corrected chi connectivity index (χ0v) is 20.4. The third kappa shape index (κ3) is 4.49. The summed E-state index contributed by atoms with van der Waals surface area (Å²) in [4.78, 5) is 28.7. The fourth-order valence-corrected chi connectivity index (χ4v) is 4.52. The second kappa shape index (κ2) is 9.84. The first-order valence-electron chi connectivity index (χ1n) is 10.7. The van der Waals surface area contributed by atoms with Crippen LogP contribution in [0.2, 0.25) is 5.02 Å². The molecule has 1 aliphatic rings. The summed E-state index contributed by atoms with van der Waals surface area (Å²) in [6, 6.07) is 13.7. The highest BCUT2D eigenvalue weighted by Crippen LogP contribution is 2.46. The van der Waals surface area contributed by atoms with Crippen molar-refractivity contribution in [3.63, 3.8) is 0 Å². The Hall–Kier alpha value is -3.78. The number of carbonyl (C=O) groups is 2. The van der Waals surface area contributed by atoms with Crippen LogP contribution in [0.5, 0.6) is 17.2 Å². The molecule has 0 saturated heterocycles. The molecule has 1 heterocycles. The minimum Gasteiger partial charge on any atom is -0.497 e. The second-order valence-electron chi connectivity index (χ2n) is 8.02. The van der Waals surface area contributed by atoms with Gasteiger partial charge in [0.05, 0.1) is 38.3 Å². The topological polar surface area (TPSA) is 77.1 Å². The number of fused-ring (bicyclic) bond motifs is 1. The molecule has 2 atom stereocenters. The Kier molecular flexibility index (Phi) is 6.84. The van der Waals surface area contributed by atoms with E-state index in [4.69, 9.17) is 25.8 Å². The number of anilines is 1. The molecule has 2 amide bonds. The van der Waals surface area contributed by atoms with Crippen LogP contribution < -0.4 is 19.5 Å². The summed E-state index contributed by atoms with van der Waals surface area (Å²) in [6.45, 7) is 0. The number of amides is 2. The van der Waals surface area contributed by atoms with Crippen molar-refractivity contribution in [2.75, 3.05) is 33.7 Å². The van der Waals surface area contributed by atoms with Gasteiger partial charge < -0.3 is 24.4 Å². The monoisotopic (exact) mass is 498 g/mol. The second-order valence-corrected chi connectivity index (χ2v) is 8.43. The number of methoxy groups -OCH3 is 3. The highest BCUT2D eigenvalue weighted by molar-refractivity contribution is 6.31. The lowest BCUT2D eigenvalue weighted by Gasteiger charge is -2.40. The summed E-state index contributed by atoms with van der Waals surface area (Å²) >= 11 is 5.91. The summed E-state index contributed by atoms with van der Waals surface area (Å²) in [6.07, 6.45) is 0. The summed E-state index contributed by atoms with van der Waals surface area (Å²) in [5.74, 6) is -0.681. The Morgan fingerprint density at radius 3 is 2.23 bits per heavy atom. The number of likely N-dealkylation sites (N-methyl/N-ethyl adjacent to an activating group) is 1. The Morgan fingerprint density at radius 2 is 1.63 bits per heavy atom. The quantitative estimate of drug-likeness (QED) is 0.514. The molecule has 7 nitrogen and oxygen atoms in total. The van der Waals surface area contributed by atoms with E-state index in [9.17, 15) is 14.0 Å². The van der Waals surface area contributed by atoms with E-state index in [0.717, 1.165) is 5.56 Å². The molecule has 1 aliphatic heterocycles. The van der Waals surface area contributed by atoms with E-state index >= 15 is 0 Å². The van der Waals surface area contributed by atoms with Gasteiger partial charge in [0.2, 0.25) is 5.91 Å². The van der Waals surface area contributed by atoms with Crippen LogP contribution in [0.4, 0.5) is 10.1 Å².